The number of ether oxygens (including phenoxy) is 1. The third-order valence-electron chi connectivity index (χ3n) is 6.40. The smallest absolute Gasteiger partial charge is 0.289 e. The van der Waals surface area contributed by atoms with Gasteiger partial charge in [-0.2, -0.15) is 0 Å². The van der Waals surface area contributed by atoms with E-state index in [1.165, 1.54) is 18.3 Å². The van der Waals surface area contributed by atoms with Crippen LogP contribution in [0.4, 0.5) is 14.5 Å². The number of benzene rings is 1. The van der Waals surface area contributed by atoms with Crippen LogP contribution in [0.1, 0.15) is 68.4 Å². The fraction of sp³-hybridized carbons (Fsp3) is 0.522. The number of nitrogens with one attached hydrogen (secondary N) is 1. The summed E-state index contributed by atoms with van der Waals surface area (Å²) in [4.78, 5) is 12.8. The molecule has 174 valence electrons. The number of pyridine rings is 1. The Bertz CT molecular complexity index is 1180. The minimum atomic E-state index is -3.83. The summed E-state index contributed by atoms with van der Waals surface area (Å²) in [6, 6.07) is 4.53. The van der Waals surface area contributed by atoms with Gasteiger partial charge in [-0.05, 0) is 56.2 Å². The highest BCUT2D eigenvalue weighted by molar-refractivity contribution is 7.94. The molecule has 1 aromatic heterocycles. The van der Waals surface area contributed by atoms with E-state index in [4.69, 9.17) is 4.74 Å². The normalized spacial score (nSPS) is 19.8. The van der Waals surface area contributed by atoms with Crippen LogP contribution in [0.5, 0.6) is 0 Å². The monoisotopic (exact) mass is 466 g/mol. The van der Waals surface area contributed by atoms with Crippen LogP contribution in [-0.2, 0) is 21.2 Å². The maximum atomic E-state index is 15.4. The lowest BCUT2D eigenvalue weighted by Crippen LogP contribution is -2.33. The van der Waals surface area contributed by atoms with Crippen LogP contribution in [0.15, 0.2) is 29.2 Å². The molecule has 1 N–H and O–H groups in total. The van der Waals surface area contributed by atoms with E-state index in [1.54, 1.807) is 13.0 Å². The Balaban J connectivity index is 1.80. The first-order chi connectivity index (χ1) is 15.2. The fourth-order valence-corrected chi connectivity index (χ4v) is 6.17. The molecule has 4 rings (SSSR count). The number of aryl methyl sites for hydroxylation is 1. The highest BCUT2D eigenvalue weighted by atomic mass is 32.2. The predicted molar refractivity (Wildman–Crippen MR) is 118 cm³/mol. The average molecular weight is 467 g/mol. The topological polar surface area (TPSA) is 77.4 Å². The molecule has 0 spiro atoms. The molecule has 0 radical (unpaired) electrons. The van der Waals surface area contributed by atoms with Crippen LogP contribution in [0.2, 0.25) is 0 Å². The van der Waals surface area contributed by atoms with Crippen LogP contribution >= 0.6 is 0 Å². The summed E-state index contributed by atoms with van der Waals surface area (Å²) in [7, 11) is -3.83. The van der Waals surface area contributed by atoms with Gasteiger partial charge in [0.1, 0.15) is 12.0 Å². The van der Waals surface area contributed by atoms with Crippen molar-refractivity contribution in [3.05, 3.63) is 63.1 Å². The molecule has 2 heterocycles. The number of anilines is 1. The van der Waals surface area contributed by atoms with Crippen molar-refractivity contribution >= 4 is 15.7 Å². The number of rotatable bonds is 8. The third-order valence-corrected chi connectivity index (χ3v) is 8.64. The van der Waals surface area contributed by atoms with Crippen molar-refractivity contribution in [2.75, 3.05) is 11.3 Å². The predicted octanol–water partition coefficient (Wildman–Crippen LogP) is 4.41. The molecule has 1 aromatic carbocycles. The van der Waals surface area contributed by atoms with Crippen molar-refractivity contribution in [2.45, 2.75) is 69.8 Å². The number of hydrogen-bond donors (Lipinski definition) is 1. The van der Waals surface area contributed by atoms with Crippen LogP contribution in [0, 0.1) is 18.6 Å². The first-order valence-corrected chi connectivity index (χ1v) is 12.5. The summed E-state index contributed by atoms with van der Waals surface area (Å²) in [6.07, 6.45) is 3.91. The molecule has 32 heavy (non-hydrogen) atoms. The van der Waals surface area contributed by atoms with E-state index >= 15 is 4.39 Å². The molecule has 1 aliphatic heterocycles. The maximum absolute atomic E-state index is 15.4. The largest absolute Gasteiger partial charge is 0.358 e. The SMILES string of the molecule is CCCC1(S(=O)(=O)Nc2cn(C3CCCO3)c(=O)c(F)c2Cc2ccc(C)cc2F)CC1. The zero-order valence-electron chi connectivity index (χ0n) is 18.3. The molecule has 1 atom stereocenters. The Morgan fingerprint density at radius 2 is 2.03 bits per heavy atom. The molecule has 2 fully saturated rings. The van der Waals surface area contributed by atoms with Gasteiger partial charge in [-0.1, -0.05) is 25.5 Å². The first kappa shape index (κ1) is 22.9. The van der Waals surface area contributed by atoms with Crippen LogP contribution in [-0.4, -0.2) is 24.3 Å². The van der Waals surface area contributed by atoms with Crippen molar-refractivity contribution in [2.24, 2.45) is 0 Å². The molecule has 1 aliphatic carbocycles. The zero-order valence-corrected chi connectivity index (χ0v) is 19.1. The van der Waals surface area contributed by atoms with Crippen LogP contribution in [0.3, 0.4) is 0 Å². The molecule has 0 bridgehead atoms. The van der Waals surface area contributed by atoms with Gasteiger partial charge >= 0.3 is 0 Å². The number of hydrogen-bond acceptors (Lipinski definition) is 4. The highest BCUT2D eigenvalue weighted by Gasteiger charge is 2.53. The minimum absolute atomic E-state index is 0.0417. The summed E-state index contributed by atoms with van der Waals surface area (Å²) >= 11 is 0. The van der Waals surface area contributed by atoms with Gasteiger partial charge in [0.15, 0.2) is 5.82 Å². The van der Waals surface area contributed by atoms with E-state index in [9.17, 15) is 17.6 Å². The highest BCUT2D eigenvalue weighted by Crippen LogP contribution is 2.48. The molecule has 0 amide bonds. The first-order valence-electron chi connectivity index (χ1n) is 11.0. The quantitative estimate of drug-likeness (QED) is 0.625. The molecular formula is C23H28F2N2O4S. The number of halogens is 2. The summed E-state index contributed by atoms with van der Waals surface area (Å²) < 4.78 is 64.6. The summed E-state index contributed by atoms with van der Waals surface area (Å²) in [5.74, 6) is -1.63. The molecule has 2 aliphatic rings. The van der Waals surface area contributed by atoms with Crippen molar-refractivity contribution in [3.8, 4) is 0 Å². The van der Waals surface area contributed by atoms with E-state index in [2.05, 4.69) is 4.72 Å². The zero-order chi connectivity index (χ0) is 23.1. The standard InChI is InChI=1S/C23H28F2N2O4S/c1-3-8-23(9-10-23)32(29,30)26-19-14-27(20-5-4-11-31-20)22(28)21(25)17(19)13-16-7-6-15(2)12-18(16)24/h6-7,12,14,20,26H,3-5,8-11,13H2,1-2H3. The van der Waals surface area contributed by atoms with Crippen molar-refractivity contribution in [1.29, 1.82) is 0 Å². The Morgan fingerprint density at radius 3 is 2.62 bits per heavy atom. The fourth-order valence-electron chi connectivity index (χ4n) is 4.38. The Kier molecular flexibility index (Phi) is 6.15. The van der Waals surface area contributed by atoms with E-state index < -0.39 is 38.2 Å². The molecule has 1 unspecified atom stereocenters. The lowest BCUT2D eigenvalue weighted by atomic mass is 10.0. The van der Waals surface area contributed by atoms with Gasteiger partial charge < -0.3 is 4.74 Å². The molecular weight excluding hydrogens is 438 g/mol. The minimum Gasteiger partial charge on any atom is -0.358 e. The van der Waals surface area contributed by atoms with Crippen LogP contribution in [0.25, 0.3) is 0 Å². The maximum Gasteiger partial charge on any atom is 0.289 e. The molecule has 9 heteroatoms. The van der Waals surface area contributed by atoms with Gasteiger partial charge in [0.05, 0.1) is 10.4 Å². The second kappa shape index (κ2) is 8.59. The lowest BCUT2D eigenvalue weighted by Gasteiger charge is -2.22. The molecule has 1 saturated heterocycles. The van der Waals surface area contributed by atoms with E-state index in [0.29, 0.717) is 44.3 Å². The van der Waals surface area contributed by atoms with Gasteiger partial charge in [-0.3, -0.25) is 14.1 Å². The summed E-state index contributed by atoms with van der Waals surface area (Å²) in [5.41, 5.74) is -0.226. The van der Waals surface area contributed by atoms with E-state index in [1.807, 2.05) is 6.92 Å². The number of nitrogens with zero attached hydrogens (tertiary/aromatic N) is 1. The Labute approximate surface area is 186 Å². The number of aromatic nitrogens is 1. The van der Waals surface area contributed by atoms with Gasteiger partial charge in [0, 0.05) is 24.8 Å². The third kappa shape index (κ3) is 4.20. The van der Waals surface area contributed by atoms with Crippen molar-refractivity contribution in [1.82, 2.24) is 4.57 Å². The second-order valence-electron chi connectivity index (χ2n) is 8.83. The van der Waals surface area contributed by atoms with Gasteiger partial charge in [0.2, 0.25) is 10.0 Å². The Hall–Kier alpha value is -2.26. The van der Waals surface area contributed by atoms with Gasteiger partial charge in [-0.25, -0.2) is 17.2 Å². The molecule has 6 nitrogen and oxygen atoms in total. The molecule has 1 saturated carbocycles. The van der Waals surface area contributed by atoms with Crippen molar-refractivity contribution < 1.29 is 21.9 Å². The van der Waals surface area contributed by atoms with E-state index in [-0.39, 0.29) is 23.2 Å². The molecule has 2 aromatic rings. The Morgan fingerprint density at radius 1 is 1.28 bits per heavy atom. The van der Waals surface area contributed by atoms with Crippen molar-refractivity contribution in [3.63, 3.8) is 0 Å². The van der Waals surface area contributed by atoms with Gasteiger partial charge in [0.25, 0.3) is 5.56 Å². The second-order valence-corrected chi connectivity index (χ2v) is 10.9. The van der Waals surface area contributed by atoms with E-state index in [0.717, 1.165) is 11.0 Å². The van der Waals surface area contributed by atoms with Gasteiger partial charge in [-0.15, -0.1) is 0 Å². The summed E-state index contributed by atoms with van der Waals surface area (Å²) in [5, 5.41) is 0. The average Bonchev–Trinajstić information content (AvgIpc) is 3.33. The van der Waals surface area contributed by atoms with Crippen LogP contribution < -0.4 is 10.3 Å². The summed E-state index contributed by atoms with van der Waals surface area (Å²) in [6.45, 7) is 4.09. The lowest BCUT2D eigenvalue weighted by molar-refractivity contribution is 0.0529. The number of sulfonamides is 1.